The molecule has 0 radical (unpaired) electrons. The van der Waals surface area contributed by atoms with E-state index in [0.29, 0.717) is 6.42 Å². The molecule has 1 fully saturated rings. The van der Waals surface area contributed by atoms with Crippen molar-refractivity contribution >= 4 is 5.91 Å². The zero-order valence-electron chi connectivity index (χ0n) is 12.0. The molecule has 0 heterocycles. The van der Waals surface area contributed by atoms with Crippen LogP contribution >= 0.6 is 0 Å². The van der Waals surface area contributed by atoms with Gasteiger partial charge in [-0.1, -0.05) is 26.7 Å². The predicted octanol–water partition coefficient (Wildman–Crippen LogP) is 1.50. The van der Waals surface area contributed by atoms with Crippen molar-refractivity contribution in [3.63, 3.8) is 0 Å². The van der Waals surface area contributed by atoms with E-state index in [1.165, 1.54) is 12.8 Å². The molecule has 1 aliphatic rings. The minimum Gasteiger partial charge on any atom is -0.355 e. The van der Waals surface area contributed by atoms with Crippen molar-refractivity contribution in [3.05, 3.63) is 0 Å². The van der Waals surface area contributed by atoms with Gasteiger partial charge >= 0.3 is 0 Å². The lowest BCUT2D eigenvalue weighted by Gasteiger charge is -2.23. The van der Waals surface area contributed by atoms with Gasteiger partial charge in [-0.05, 0) is 32.4 Å². The average Bonchev–Trinajstić information content (AvgIpc) is 2.74. The van der Waals surface area contributed by atoms with Crippen LogP contribution in [-0.4, -0.2) is 42.5 Å². The Hall–Kier alpha value is -0.610. The van der Waals surface area contributed by atoms with Gasteiger partial charge in [0.15, 0.2) is 0 Å². The summed E-state index contributed by atoms with van der Waals surface area (Å²) in [5, 5.41) is 3.00. The number of hydrogen-bond donors (Lipinski definition) is 2. The monoisotopic (exact) mass is 255 g/mol. The van der Waals surface area contributed by atoms with E-state index in [4.69, 9.17) is 5.73 Å². The van der Waals surface area contributed by atoms with E-state index in [9.17, 15) is 4.79 Å². The van der Waals surface area contributed by atoms with Crippen molar-refractivity contribution in [1.82, 2.24) is 10.2 Å². The van der Waals surface area contributed by atoms with Crippen molar-refractivity contribution < 1.29 is 4.79 Å². The summed E-state index contributed by atoms with van der Waals surface area (Å²) in [6, 6.07) is 0. The van der Waals surface area contributed by atoms with Crippen molar-refractivity contribution in [1.29, 1.82) is 0 Å². The van der Waals surface area contributed by atoms with Gasteiger partial charge in [0, 0.05) is 25.0 Å². The van der Waals surface area contributed by atoms with Gasteiger partial charge in [-0.15, -0.1) is 0 Å². The lowest BCUT2D eigenvalue weighted by atomic mass is 9.94. The average molecular weight is 255 g/mol. The van der Waals surface area contributed by atoms with E-state index >= 15 is 0 Å². The first kappa shape index (κ1) is 15.4. The number of nitrogens with two attached hydrogens (primary N) is 1. The van der Waals surface area contributed by atoms with Gasteiger partial charge in [0.05, 0.1) is 0 Å². The Kier molecular flexibility index (Phi) is 6.65. The Morgan fingerprint density at radius 3 is 2.50 bits per heavy atom. The lowest BCUT2D eigenvalue weighted by Crippen LogP contribution is -2.43. The molecule has 0 spiro atoms. The minimum absolute atomic E-state index is 0.118. The van der Waals surface area contributed by atoms with Gasteiger partial charge in [0.1, 0.15) is 0 Å². The maximum Gasteiger partial charge on any atom is 0.221 e. The molecule has 0 aromatic rings. The van der Waals surface area contributed by atoms with E-state index in [1.54, 1.807) is 0 Å². The molecule has 4 nitrogen and oxygen atoms in total. The molecule has 18 heavy (non-hydrogen) atoms. The molecule has 0 saturated heterocycles. The second kappa shape index (κ2) is 7.74. The fourth-order valence-corrected chi connectivity index (χ4v) is 2.74. The Bertz CT molecular complexity index is 249. The summed E-state index contributed by atoms with van der Waals surface area (Å²) >= 11 is 0. The molecule has 0 bridgehead atoms. The zero-order chi connectivity index (χ0) is 13.4. The zero-order valence-corrected chi connectivity index (χ0v) is 12.0. The van der Waals surface area contributed by atoms with Crippen molar-refractivity contribution in [2.24, 2.45) is 5.73 Å². The maximum atomic E-state index is 11.8. The van der Waals surface area contributed by atoms with E-state index in [-0.39, 0.29) is 11.4 Å². The number of carbonyl (C=O) groups excluding carboxylic acids is 1. The molecule has 1 amide bonds. The summed E-state index contributed by atoms with van der Waals surface area (Å²) in [6.07, 6.45) is 5.99. The number of nitrogens with zero attached hydrogens (tertiary/aromatic N) is 1. The van der Waals surface area contributed by atoms with Crippen LogP contribution in [-0.2, 0) is 4.79 Å². The molecule has 1 aliphatic carbocycles. The van der Waals surface area contributed by atoms with Crippen LogP contribution in [0.1, 0.15) is 52.4 Å². The molecule has 106 valence electrons. The highest BCUT2D eigenvalue weighted by Gasteiger charge is 2.31. The molecule has 0 aromatic heterocycles. The predicted molar refractivity (Wildman–Crippen MR) is 75.4 cm³/mol. The van der Waals surface area contributed by atoms with Crippen LogP contribution < -0.4 is 11.1 Å². The summed E-state index contributed by atoms with van der Waals surface area (Å²) in [6.45, 7) is 8.17. The van der Waals surface area contributed by atoms with Gasteiger partial charge in [0.25, 0.3) is 0 Å². The molecular formula is C14H29N3O. The van der Waals surface area contributed by atoms with E-state index in [2.05, 4.69) is 24.1 Å². The standard InChI is InChI=1S/C14H29N3O/c1-3-10-17(4-2)11-9-16-13(18)12-14(15)7-5-6-8-14/h3-12,15H2,1-2H3,(H,16,18). The Morgan fingerprint density at radius 2 is 1.94 bits per heavy atom. The molecular weight excluding hydrogens is 226 g/mol. The third kappa shape index (κ3) is 5.36. The molecule has 0 unspecified atom stereocenters. The molecule has 3 N–H and O–H groups in total. The molecule has 4 heteroatoms. The number of carbonyl (C=O) groups is 1. The summed E-state index contributed by atoms with van der Waals surface area (Å²) in [5.74, 6) is 0.118. The summed E-state index contributed by atoms with van der Waals surface area (Å²) < 4.78 is 0. The molecule has 0 atom stereocenters. The first-order valence-electron chi connectivity index (χ1n) is 7.37. The maximum absolute atomic E-state index is 11.8. The highest BCUT2D eigenvalue weighted by molar-refractivity contribution is 5.77. The van der Waals surface area contributed by atoms with Crippen LogP contribution in [0, 0.1) is 0 Å². The van der Waals surface area contributed by atoms with Gasteiger partial charge in [-0.25, -0.2) is 0 Å². The summed E-state index contributed by atoms with van der Waals surface area (Å²) in [5.41, 5.74) is 5.97. The number of likely N-dealkylation sites (N-methyl/N-ethyl adjacent to an activating group) is 1. The van der Waals surface area contributed by atoms with Crippen molar-refractivity contribution in [2.75, 3.05) is 26.2 Å². The van der Waals surface area contributed by atoms with Crippen molar-refractivity contribution in [2.45, 2.75) is 57.9 Å². The molecule has 1 saturated carbocycles. The third-order valence-corrected chi connectivity index (χ3v) is 3.85. The Balaban J connectivity index is 2.16. The van der Waals surface area contributed by atoms with Gasteiger partial charge in [-0.2, -0.15) is 0 Å². The van der Waals surface area contributed by atoms with Crippen LogP contribution in [0.3, 0.4) is 0 Å². The van der Waals surface area contributed by atoms with Gasteiger partial charge in [-0.3, -0.25) is 4.79 Å². The topological polar surface area (TPSA) is 58.4 Å². The van der Waals surface area contributed by atoms with E-state index < -0.39 is 0 Å². The highest BCUT2D eigenvalue weighted by atomic mass is 16.1. The van der Waals surface area contributed by atoms with E-state index in [0.717, 1.165) is 45.4 Å². The lowest BCUT2D eigenvalue weighted by molar-refractivity contribution is -0.122. The van der Waals surface area contributed by atoms with Crippen LogP contribution in [0.2, 0.25) is 0 Å². The summed E-state index contributed by atoms with van der Waals surface area (Å²) in [7, 11) is 0. The number of hydrogen-bond acceptors (Lipinski definition) is 3. The van der Waals surface area contributed by atoms with Crippen LogP contribution in [0.5, 0.6) is 0 Å². The van der Waals surface area contributed by atoms with Crippen LogP contribution in [0.25, 0.3) is 0 Å². The summed E-state index contributed by atoms with van der Waals surface area (Å²) in [4.78, 5) is 14.2. The number of nitrogens with one attached hydrogen (secondary N) is 1. The minimum atomic E-state index is -0.224. The molecule has 0 aliphatic heterocycles. The van der Waals surface area contributed by atoms with Gasteiger partial charge in [0.2, 0.25) is 5.91 Å². The second-order valence-electron chi connectivity index (χ2n) is 5.53. The largest absolute Gasteiger partial charge is 0.355 e. The van der Waals surface area contributed by atoms with Gasteiger partial charge < -0.3 is 16.0 Å². The fourth-order valence-electron chi connectivity index (χ4n) is 2.74. The normalized spacial score (nSPS) is 18.2. The van der Waals surface area contributed by atoms with Crippen molar-refractivity contribution in [3.8, 4) is 0 Å². The highest BCUT2D eigenvalue weighted by Crippen LogP contribution is 2.29. The van der Waals surface area contributed by atoms with E-state index in [1.807, 2.05) is 0 Å². The molecule has 1 rings (SSSR count). The SMILES string of the molecule is CCCN(CC)CCNC(=O)CC1(N)CCCC1. The second-order valence-corrected chi connectivity index (χ2v) is 5.53. The quantitative estimate of drug-likeness (QED) is 0.691. The van der Waals surface area contributed by atoms with Crippen LogP contribution in [0.4, 0.5) is 0 Å². The van der Waals surface area contributed by atoms with Crippen LogP contribution in [0.15, 0.2) is 0 Å². The Labute approximate surface area is 111 Å². The number of rotatable bonds is 8. The third-order valence-electron chi connectivity index (χ3n) is 3.85. The first-order valence-corrected chi connectivity index (χ1v) is 7.37. The first-order chi connectivity index (χ1) is 8.59. The fraction of sp³-hybridized carbons (Fsp3) is 0.929. The smallest absolute Gasteiger partial charge is 0.221 e. The Morgan fingerprint density at radius 1 is 1.28 bits per heavy atom. The number of amides is 1. The molecule has 0 aromatic carbocycles.